The monoisotopic (exact) mass is 365 g/mol. The lowest BCUT2D eigenvalue weighted by atomic mass is 9.75. The molecule has 1 aromatic carbocycles. The van der Waals surface area contributed by atoms with Crippen molar-refractivity contribution < 1.29 is 14.3 Å². The quantitative estimate of drug-likeness (QED) is 0.804. The van der Waals surface area contributed by atoms with E-state index in [2.05, 4.69) is 11.4 Å². The van der Waals surface area contributed by atoms with Gasteiger partial charge < -0.3 is 10.1 Å². The minimum absolute atomic E-state index is 0.00777. The van der Waals surface area contributed by atoms with Gasteiger partial charge in [0.15, 0.2) is 5.78 Å². The smallest absolute Gasteiger partial charge is 0.337 e. The van der Waals surface area contributed by atoms with Crippen LogP contribution in [0.4, 0.5) is 0 Å². The Balaban J connectivity index is 1.77. The molecule has 1 atom stereocenters. The summed E-state index contributed by atoms with van der Waals surface area (Å²) in [5.74, 6) is -0.458. The fourth-order valence-corrected chi connectivity index (χ4v) is 4.66. The van der Waals surface area contributed by atoms with Gasteiger partial charge in [-0.25, -0.2) is 4.79 Å². The number of benzene rings is 1. The van der Waals surface area contributed by atoms with Gasteiger partial charge in [0, 0.05) is 29.3 Å². The van der Waals surface area contributed by atoms with Crippen molar-refractivity contribution in [3.8, 4) is 0 Å². The minimum Gasteiger partial charge on any atom is -0.459 e. The van der Waals surface area contributed by atoms with Crippen LogP contribution in [0.15, 0.2) is 46.8 Å². The summed E-state index contributed by atoms with van der Waals surface area (Å²) >= 11 is 0. The maximum absolute atomic E-state index is 13.2. The van der Waals surface area contributed by atoms with Gasteiger partial charge in [-0.1, -0.05) is 29.8 Å². The van der Waals surface area contributed by atoms with E-state index in [0.717, 1.165) is 66.6 Å². The summed E-state index contributed by atoms with van der Waals surface area (Å²) in [6.45, 7) is 3.96. The summed E-state index contributed by atoms with van der Waals surface area (Å²) in [5, 5.41) is 3.36. The highest BCUT2D eigenvalue weighted by atomic mass is 16.5. The standard InChI is InChI=1S/C23H27NO3/c1-14-7-5-8-16(13-14)21-20(23(26)27-17-9-3-4-10-17)15(2)24-18-11-6-12-19(25)22(18)21/h5,7-8,13,17,21,24H,3-4,6,9-12H2,1-2H3/t21-/m0/s1. The number of allylic oxidation sites excluding steroid dienone is 3. The van der Waals surface area contributed by atoms with Gasteiger partial charge >= 0.3 is 5.97 Å². The van der Waals surface area contributed by atoms with Crippen LogP contribution in [0.2, 0.25) is 0 Å². The van der Waals surface area contributed by atoms with E-state index >= 15 is 0 Å². The highest BCUT2D eigenvalue weighted by molar-refractivity contribution is 6.03. The van der Waals surface area contributed by atoms with E-state index < -0.39 is 0 Å². The fraction of sp³-hybridized carbons (Fsp3) is 0.478. The van der Waals surface area contributed by atoms with Crippen LogP contribution < -0.4 is 5.32 Å². The Kier molecular flexibility index (Phi) is 4.90. The normalized spacial score (nSPS) is 23.3. The van der Waals surface area contributed by atoms with Gasteiger partial charge in [0.1, 0.15) is 6.10 Å². The van der Waals surface area contributed by atoms with E-state index in [9.17, 15) is 9.59 Å². The molecule has 1 aromatic rings. The molecule has 0 unspecified atom stereocenters. The van der Waals surface area contributed by atoms with E-state index in [1.807, 2.05) is 32.0 Å². The van der Waals surface area contributed by atoms with E-state index in [1.165, 1.54) is 0 Å². The Hall–Kier alpha value is -2.36. The Bertz CT molecular complexity index is 843. The Morgan fingerprint density at radius 3 is 2.63 bits per heavy atom. The number of dihydropyridines is 1. The van der Waals surface area contributed by atoms with Crippen molar-refractivity contribution in [3.63, 3.8) is 0 Å². The van der Waals surface area contributed by atoms with Crippen LogP contribution in [0.1, 0.15) is 68.9 Å². The van der Waals surface area contributed by atoms with Crippen LogP contribution in [0, 0.1) is 6.92 Å². The number of ether oxygens (including phenoxy) is 1. The first-order valence-electron chi connectivity index (χ1n) is 10.1. The molecule has 1 aliphatic heterocycles. The molecule has 0 saturated heterocycles. The van der Waals surface area contributed by atoms with Gasteiger partial charge in [0.25, 0.3) is 0 Å². The lowest BCUT2D eigenvalue weighted by Crippen LogP contribution is -2.35. The molecule has 1 heterocycles. The predicted octanol–water partition coefficient (Wildman–Crippen LogP) is 4.45. The van der Waals surface area contributed by atoms with Crippen molar-refractivity contribution in [3.05, 3.63) is 57.9 Å². The van der Waals surface area contributed by atoms with Gasteiger partial charge in [-0.15, -0.1) is 0 Å². The van der Waals surface area contributed by atoms with Gasteiger partial charge in [0.2, 0.25) is 0 Å². The van der Waals surface area contributed by atoms with Gasteiger partial charge in [-0.2, -0.15) is 0 Å². The van der Waals surface area contributed by atoms with Crippen molar-refractivity contribution in [2.75, 3.05) is 0 Å². The molecule has 4 rings (SSSR count). The molecule has 1 N–H and O–H groups in total. The first-order chi connectivity index (χ1) is 13.0. The molecule has 1 saturated carbocycles. The molecule has 0 bridgehead atoms. The molecular formula is C23H27NO3. The third-order valence-electron chi connectivity index (χ3n) is 5.95. The number of ketones is 1. The highest BCUT2D eigenvalue weighted by Gasteiger charge is 2.39. The largest absolute Gasteiger partial charge is 0.459 e. The first-order valence-corrected chi connectivity index (χ1v) is 10.1. The molecule has 4 nitrogen and oxygen atoms in total. The second kappa shape index (κ2) is 7.34. The molecule has 27 heavy (non-hydrogen) atoms. The molecule has 0 radical (unpaired) electrons. The number of rotatable bonds is 3. The fourth-order valence-electron chi connectivity index (χ4n) is 4.66. The Labute approximate surface area is 160 Å². The molecule has 2 aliphatic carbocycles. The lowest BCUT2D eigenvalue weighted by Gasteiger charge is -2.34. The Morgan fingerprint density at radius 1 is 1.11 bits per heavy atom. The van der Waals surface area contributed by atoms with E-state index in [1.54, 1.807) is 0 Å². The summed E-state index contributed by atoms with van der Waals surface area (Å²) < 4.78 is 5.85. The zero-order valence-corrected chi connectivity index (χ0v) is 16.1. The third kappa shape index (κ3) is 3.45. The molecule has 3 aliphatic rings. The zero-order valence-electron chi connectivity index (χ0n) is 16.1. The van der Waals surface area contributed by atoms with Gasteiger partial charge in [-0.05, 0) is 57.9 Å². The summed E-state index contributed by atoms with van der Waals surface area (Å²) in [6.07, 6.45) is 6.38. The number of Topliss-reactive ketones (excluding diaryl/α,β-unsaturated/α-hetero) is 1. The van der Waals surface area contributed by atoms with Crippen LogP contribution >= 0.6 is 0 Å². The summed E-state index contributed by atoms with van der Waals surface area (Å²) in [4.78, 5) is 26.0. The van der Waals surface area contributed by atoms with Crippen molar-refractivity contribution in [2.45, 2.75) is 70.8 Å². The number of hydrogen-bond acceptors (Lipinski definition) is 4. The SMILES string of the molecule is CC1=C(C(=O)OC2CCCC2)[C@H](c2cccc(C)c2)C2=C(CCCC2=O)N1. The second-order valence-corrected chi connectivity index (χ2v) is 7.99. The maximum Gasteiger partial charge on any atom is 0.337 e. The molecule has 142 valence electrons. The van der Waals surface area contributed by atoms with E-state index in [4.69, 9.17) is 4.74 Å². The van der Waals surface area contributed by atoms with Crippen molar-refractivity contribution >= 4 is 11.8 Å². The van der Waals surface area contributed by atoms with Crippen molar-refractivity contribution in [1.82, 2.24) is 5.32 Å². The first kappa shape index (κ1) is 18.0. The Morgan fingerprint density at radius 2 is 1.89 bits per heavy atom. The van der Waals surface area contributed by atoms with Crippen LogP contribution in [0.25, 0.3) is 0 Å². The summed E-state index contributed by atoms with van der Waals surface area (Å²) in [7, 11) is 0. The van der Waals surface area contributed by atoms with E-state index in [-0.39, 0.29) is 23.8 Å². The van der Waals surface area contributed by atoms with Gasteiger partial charge in [-0.3, -0.25) is 4.79 Å². The molecule has 4 heteroatoms. The number of nitrogens with one attached hydrogen (secondary N) is 1. The number of esters is 1. The molecule has 0 amide bonds. The predicted molar refractivity (Wildman–Crippen MR) is 104 cm³/mol. The average Bonchev–Trinajstić information content (AvgIpc) is 3.13. The lowest BCUT2D eigenvalue weighted by molar-refractivity contribution is -0.144. The summed E-state index contributed by atoms with van der Waals surface area (Å²) in [5.41, 5.74) is 5.28. The molecule has 1 fully saturated rings. The minimum atomic E-state index is -0.331. The summed E-state index contributed by atoms with van der Waals surface area (Å²) in [6, 6.07) is 8.13. The van der Waals surface area contributed by atoms with Crippen molar-refractivity contribution in [2.24, 2.45) is 0 Å². The van der Waals surface area contributed by atoms with Gasteiger partial charge in [0.05, 0.1) is 5.57 Å². The number of hydrogen-bond donors (Lipinski definition) is 1. The van der Waals surface area contributed by atoms with Crippen molar-refractivity contribution in [1.29, 1.82) is 0 Å². The van der Waals surface area contributed by atoms with Crippen LogP contribution in [0.3, 0.4) is 0 Å². The highest BCUT2D eigenvalue weighted by Crippen LogP contribution is 2.43. The van der Waals surface area contributed by atoms with Crippen LogP contribution in [-0.4, -0.2) is 17.9 Å². The van der Waals surface area contributed by atoms with E-state index in [0.29, 0.717) is 12.0 Å². The average molecular weight is 365 g/mol. The zero-order chi connectivity index (χ0) is 19.0. The topological polar surface area (TPSA) is 55.4 Å². The molecule has 0 spiro atoms. The number of carbonyl (C=O) groups excluding carboxylic acids is 2. The maximum atomic E-state index is 13.2. The number of carbonyl (C=O) groups is 2. The molecule has 0 aromatic heterocycles. The second-order valence-electron chi connectivity index (χ2n) is 7.99. The van der Waals surface area contributed by atoms with Crippen LogP contribution in [0.5, 0.6) is 0 Å². The molecular weight excluding hydrogens is 338 g/mol. The third-order valence-corrected chi connectivity index (χ3v) is 5.95. The number of aryl methyl sites for hydroxylation is 1. The van der Waals surface area contributed by atoms with Crippen LogP contribution in [-0.2, 0) is 14.3 Å².